The molecule has 1 fully saturated rings. The molecule has 0 radical (unpaired) electrons. The van der Waals surface area contributed by atoms with Gasteiger partial charge in [-0.3, -0.25) is 4.79 Å². The van der Waals surface area contributed by atoms with Crippen molar-refractivity contribution in [3.8, 4) is 5.75 Å². The third kappa shape index (κ3) is 2.99. The average molecular weight is 275 g/mol. The number of hydrogen-bond acceptors (Lipinski definition) is 3. The second-order valence-electron chi connectivity index (χ2n) is 4.97. The number of phenolic OH excluding ortho intramolecular Hbond substituents is 1. The van der Waals surface area contributed by atoms with Crippen molar-refractivity contribution in [2.75, 3.05) is 6.54 Å². The van der Waals surface area contributed by atoms with Gasteiger partial charge in [0.2, 0.25) is 5.91 Å². The van der Waals surface area contributed by atoms with Crippen molar-refractivity contribution in [1.29, 1.82) is 0 Å². The predicted molar refractivity (Wildman–Crippen MR) is 73.3 cm³/mol. The summed E-state index contributed by atoms with van der Waals surface area (Å²) < 4.78 is 0. The molecule has 0 bridgehead atoms. The van der Waals surface area contributed by atoms with E-state index in [1.54, 1.807) is 18.2 Å². The number of hydrogen-bond donors (Lipinski definition) is 2. The Hall–Kier alpha value is -2.30. The van der Waals surface area contributed by atoms with Gasteiger partial charge in [0.15, 0.2) is 0 Å². The molecule has 1 amide bonds. The van der Waals surface area contributed by atoms with Gasteiger partial charge in [0.05, 0.1) is 0 Å². The molecule has 0 saturated carbocycles. The molecule has 106 valence electrons. The van der Waals surface area contributed by atoms with Crippen molar-refractivity contribution in [2.45, 2.75) is 18.9 Å². The number of carboxylic acids is 1. The van der Waals surface area contributed by atoms with E-state index >= 15 is 0 Å². The van der Waals surface area contributed by atoms with Crippen molar-refractivity contribution in [3.05, 3.63) is 42.5 Å². The number of nitrogens with zero attached hydrogens (tertiary/aromatic N) is 1. The van der Waals surface area contributed by atoms with Gasteiger partial charge in [-0.15, -0.1) is 6.58 Å². The molecule has 1 aliphatic heterocycles. The lowest BCUT2D eigenvalue weighted by Gasteiger charge is -2.24. The molecule has 1 unspecified atom stereocenters. The summed E-state index contributed by atoms with van der Waals surface area (Å²) in [6.45, 7) is 4.04. The van der Waals surface area contributed by atoms with Crippen molar-refractivity contribution >= 4 is 11.9 Å². The molecule has 5 heteroatoms. The fourth-order valence-electron chi connectivity index (χ4n) is 2.46. The van der Waals surface area contributed by atoms with Crippen LogP contribution < -0.4 is 0 Å². The number of likely N-dealkylation sites (tertiary alicyclic amines) is 1. The van der Waals surface area contributed by atoms with E-state index in [1.807, 2.05) is 0 Å². The van der Waals surface area contributed by atoms with E-state index < -0.39 is 12.0 Å². The Labute approximate surface area is 117 Å². The molecule has 2 N–H and O–H groups in total. The highest BCUT2D eigenvalue weighted by molar-refractivity contribution is 5.85. The zero-order chi connectivity index (χ0) is 14.7. The summed E-state index contributed by atoms with van der Waals surface area (Å²) in [6, 6.07) is 5.52. The van der Waals surface area contributed by atoms with E-state index in [0.29, 0.717) is 18.5 Å². The van der Waals surface area contributed by atoms with Crippen LogP contribution >= 0.6 is 0 Å². The maximum Gasteiger partial charge on any atom is 0.326 e. The van der Waals surface area contributed by atoms with Gasteiger partial charge in [0, 0.05) is 25.3 Å². The van der Waals surface area contributed by atoms with Gasteiger partial charge in [-0.2, -0.15) is 0 Å². The zero-order valence-corrected chi connectivity index (χ0v) is 11.0. The van der Waals surface area contributed by atoms with Crippen LogP contribution in [0, 0.1) is 5.92 Å². The lowest BCUT2D eigenvalue weighted by molar-refractivity contribution is -0.148. The molecule has 0 aliphatic carbocycles. The number of aromatic hydroxyl groups is 1. The highest BCUT2D eigenvalue weighted by Crippen LogP contribution is 2.23. The maximum atomic E-state index is 11.9. The van der Waals surface area contributed by atoms with E-state index in [-0.39, 0.29) is 24.0 Å². The highest BCUT2D eigenvalue weighted by atomic mass is 16.4. The van der Waals surface area contributed by atoms with E-state index in [1.165, 1.54) is 17.0 Å². The van der Waals surface area contributed by atoms with Crippen molar-refractivity contribution in [3.63, 3.8) is 0 Å². The van der Waals surface area contributed by atoms with Gasteiger partial charge in [0.25, 0.3) is 0 Å². The van der Waals surface area contributed by atoms with Gasteiger partial charge < -0.3 is 15.1 Å². The second-order valence-corrected chi connectivity index (χ2v) is 4.97. The van der Waals surface area contributed by atoms with Crippen molar-refractivity contribution in [2.24, 2.45) is 5.92 Å². The molecule has 0 spiro atoms. The first-order valence-electron chi connectivity index (χ1n) is 6.44. The second kappa shape index (κ2) is 5.77. The molecular formula is C15H17NO4. The van der Waals surface area contributed by atoms with Crippen LogP contribution in [0.1, 0.15) is 12.0 Å². The fraction of sp³-hybridized carbons (Fsp3) is 0.333. The minimum Gasteiger partial charge on any atom is -0.508 e. The number of aliphatic carboxylic acids is 1. The van der Waals surface area contributed by atoms with Crippen LogP contribution in [0.2, 0.25) is 0 Å². The van der Waals surface area contributed by atoms with Crippen LogP contribution in [0.5, 0.6) is 5.75 Å². The van der Waals surface area contributed by atoms with Gasteiger partial charge in [-0.1, -0.05) is 18.2 Å². The van der Waals surface area contributed by atoms with Gasteiger partial charge in [-0.25, -0.2) is 4.79 Å². The van der Waals surface area contributed by atoms with E-state index in [4.69, 9.17) is 0 Å². The molecular weight excluding hydrogens is 258 g/mol. The maximum absolute atomic E-state index is 11.9. The lowest BCUT2D eigenvalue weighted by atomic mass is 10.0. The molecule has 1 aromatic carbocycles. The number of amides is 1. The first-order chi connectivity index (χ1) is 9.51. The minimum absolute atomic E-state index is 0.00789. The number of carbonyl (C=O) groups excluding carboxylic acids is 1. The van der Waals surface area contributed by atoms with Crippen LogP contribution in [0.25, 0.3) is 0 Å². The quantitative estimate of drug-likeness (QED) is 0.797. The fourth-order valence-corrected chi connectivity index (χ4v) is 2.46. The summed E-state index contributed by atoms with van der Waals surface area (Å²) in [7, 11) is 0. The van der Waals surface area contributed by atoms with Crippen LogP contribution in [0.4, 0.5) is 0 Å². The van der Waals surface area contributed by atoms with Crippen LogP contribution in [-0.2, 0) is 16.0 Å². The Morgan fingerprint density at radius 1 is 1.55 bits per heavy atom. The molecule has 5 nitrogen and oxygen atoms in total. The molecule has 1 heterocycles. The Balaban J connectivity index is 2.18. The van der Waals surface area contributed by atoms with Crippen LogP contribution in [0.15, 0.2) is 36.9 Å². The zero-order valence-electron chi connectivity index (χ0n) is 11.0. The summed E-state index contributed by atoms with van der Waals surface area (Å²) in [5.74, 6) is -1.11. The Morgan fingerprint density at radius 3 is 2.85 bits per heavy atom. The van der Waals surface area contributed by atoms with Gasteiger partial charge >= 0.3 is 5.97 Å². The summed E-state index contributed by atoms with van der Waals surface area (Å²) in [5, 5.41) is 18.8. The van der Waals surface area contributed by atoms with E-state index in [0.717, 1.165) is 0 Å². The molecule has 0 aromatic heterocycles. The lowest BCUT2D eigenvalue weighted by Crippen LogP contribution is -2.43. The molecule has 2 atom stereocenters. The van der Waals surface area contributed by atoms with Crippen LogP contribution in [-0.4, -0.2) is 39.6 Å². The normalized spacial score (nSPS) is 19.9. The number of benzene rings is 1. The van der Waals surface area contributed by atoms with Gasteiger partial charge in [0.1, 0.15) is 11.8 Å². The largest absolute Gasteiger partial charge is 0.508 e. The van der Waals surface area contributed by atoms with Crippen molar-refractivity contribution in [1.82, 2.24) is 4.90 Å². The van der Waals surface area contributed by atoms with Crippen molar-refractivity contribution < 1.29 is 19.8 Å². The first-order valence-corrected chi connectivity index (χ1v) is 6.44. The van der Waals surface area contributed by atoms with E-state index in [2.05, 4.69) is 6.58 Å². The summed E-state index contributed by atoms with van der Waals surface area (Å²) >= 11 is 0. The monoisotopic (exact) mass is 275 g/mol. The highest BCUT2D eigenvalue weighted by Gasteiger charge is 2.36. The first kappa shape index (κ1) is 14.1. The topological polar surface area (TPSA) is 77.8 Å². The number of carbonyl (C=O) groups is 2. The van der Waals surface area contributed by atoms with Crippen LogP contribution in [0.3, 0.4) is 0 Å². The minimum atomic E-state index is -1.04. The molecule has 1 aliphatic rings. The summed E-state index contributed by atoms with van der Waals surface area (Å²) in [6.07, 6.45) is 2.18. The molecule has 20 heavy (non-hydrogen) atoms. The third-order valence-electron chi connectivity index (χ3n) is 3.52. The number of phenols is 1. The predicted octanol–water partition coefficient (Wildman–Crippen LogP) is 1.42. The third-order valence-corrected chi connectivity index (χ3v) is 3.52. The summed E-state index contributed by atoms with van der Waals surface area (Å²) in [4.78, 5) is 24.7. The average Bonchev–Trinajstić information content (AvgIpc) is 2.77. The Bertz CT molecular complexity index is 540. The molecule has 1 saturated heterocycles. The molecule has 2 rings (SSSR count). The summed E-state index contributed by atoms with van der Waals surface area (Å²) in [5.41, 5.74) is 0.687. The Morgan fingerprint density at radius 2 is 2.30 bits per heavy atom. The number of carboxylic acid groups (broad SMARTS) is 1. The molecule has 1 aromatic rings. The Kier molecular flexibility index (Phi) is 4.08. The smallest absolute Gasteiger partial charge is 0.326 e. The van der Waals surface area contributed by atoms with E-state index in [9.17, 15) is 19.8 Å². The number of rotatable bonds is 5. The standard InChI is InChI=1S/C15H17NO4/c1-2-10-8-14(18)16(9-10)13(15(19)20)7-11-4-3-5-12(17)6-11/h2-6,10,13,17H,1,7-9H2,(H,19,20)/t10?,13-/m0/s1. The SMILES string of the molecule is C=CC1CC(=O)N([C@@H](Cc2cccc(O)c2)C(=O)O)C1. The van der Waals surface area contributed by atoms with Gasteiger partial charge in [-0.05, 0) is 17.7 Å².